The van der Waals surface area contributed by atoms with Gasteiger partial charge in [0.05, 0.1) is 0 Å². The molecule has 0 aliphatic rings. The van der Waals surface area contributed by atoms with Gasteiger partial charge >= 0.3 is 119 Å². The number of hydrogen-bond acceptors (Lipinski definition) is 6. The second-order valence-electron chi connectivity index (χ2n) is 0.992. The van der Waals surface area contributed by atoms with Crippen LogP contribution in [0.4, 0.5) is 0 Å². The quantitative estimate of drug-likeness (QED) is 0.189. The van der Waals surface area contributed by atoms with Crippen LogP contribution in [0.25, 0.3) is 0 Å². The summed E-state index contributed by atoms with van der Waals surface area (Å²) in [5, 5.41) is 0. The minimum absolute atomic E-state index is 0. The van der Waals surface area contributed by atoms with Gasteiger partial charge in [-0.2, -0.15) is 16.8 Å². The van der Waals surface area contributed by atoms with Crippen LogP contribution in [0.3, 0.4) is 0 Å². The van der Waals surface area contributed by atoms with Crippen molar-refractivity contribution in [1.82, 2.24) is 0 Å². The van der Waals surface area contributed by atoms with Crippen molar-refractivity contribution < 1.29 is 34.6 Å². The summed E-state index contributed by atoms with van der Waals surface area (Å²) in [7, 11) is -10.0. The predicted molar refractivity (Wildman–Crippen MR) is 42.4 cm³/mol. The molecule has 0 spiro atoms. The van der Waals surface area contributed by atoms with E-state index in [1.54, 1.807) is 0 Å². The second-order valence-corrected chi connectivity index (χ2v) is 2.97. The van der Waals surface area contributed by atoms with Crippen LogP contribution < -0.4 is 0 Å². The van der Waals surface area contributed by atoms with Gasteiger partial charge in [-0.3, -0.25) is 9.11 Å². The molecule has 0 radical (unpaired) electrons. The summed E-state index contributed by atoms with van der Waals surface area (Å²) < 4.78 is 58.9. The second kappa shape index (κ2) is 8.08. The zero-order valence-electron chi connectivity index (χ0n) is 4.16. The van der Waals surface area contributed by atoms with Gasteiger partial charge in [0.25, 0.3) is 0 Å². The van der Waals surface area contributed by atoms with Gasteiger partial charge in [0.2, 0.25) is 0 Å². The van der Waals surface area contributed by atoms with Crippen molar-refractivity contribution in [3.63, 3.8) is 0 Å². The van der Waals surface area contributed by atoms with E-state index in [2.05, 4.69) is 8.67 Å². The monoisotopic (exact) mass is 474 g/mol. The van der Waals surface area contributed by atoms with E-state index >= 15 is 0 Å². The predicted octanol–water partition coefficient (Wildman–Crippen LogP) is -3.29. The Kier molecular flexibility index (Phi) is 13.7. The normalized spacial score (nSPS) is 11.2. The number of hydrogen-bond donors (Lipinski definition) is 2. The van der Waals surface area contributed by atoms with Crippen molar-refractivity contribution in [2.24, 2.45) is 0 Å². The molecule has 0 aliphatic heterocycles. The Hall–Kier alpha value is 2.88. The third-order valence-corrected chi connectivity index (χ3v) is 0.766. The molecule has 0 saturated carbocycles. The van der Waals surface area contributed by atoms with Crippen LogP contribution in [0.5, 0.6) is 0 Å². The summed E-state index contributed by atoms with van der Waals surface area (Å²) >= 11 is 0. The van der Waals surface area contributed by atoms with E-state index in [-0.39, 0.29) is 97.8 Å². The molecule has 8 nitrogen and oxygen atoms in total. The molecule has 0 aromatic carbocycles. The van der Waals surface area contributed by atoms with Gasteiger partial charge in [0.1, 0.15) is 0 Å². The van der Waals surface area contributed by atoms with Gasteiger partial charge in [-0.15, -0.1) is 0 Å². The van der Waals surface area contributed by atoms with Crippen LogP contribution in [-0.4, -0.2) is 124 Å². The summed E-state index contributed by atoms with van der Waals surface area (Å²) in [4.78, 5) is 0. The zero-order valence-corrected chi connectivity index (χ0v) is 5.79. The van der Waals surface area contributed by atoms with Crippen LogP contribution in [0.1, 0.15) is 0 Å². The Bertz CT molecular complexity index is 251. The van der Waals surface area contributed by atoms with E-state index in [9.17, 15) is 16.8 Å². The van der Waals surface area contributed by atoms with E-state index in [1.807, 2.05) is 0 Å². The SMILES string of the molecule is O=S(=O)(O)OOS(=O)(=O)O.[BaH2].[BaH2]. The fraction of sp³-hybridized carbons (Fsp3) is 0. The molecule has 0 bridgehead atoms. The van der Waals surface area contributed by atoms with Crippen LogP contribution >= 0.6 is 0 Å². The molecule has 0 aliphatic carbocycles. The molecule has 0 fully saturated rings. The molecule has 70 valence electrons. The molecule has 2 N–H and O–H groups in total. The van der Waals surface area contributed by atoms with Crippen molar-refractivity contribution in [3.05, 3.63) is 0 Å². The van der Waals surface area contributed by atoms with Gasteiger partial charge in [0, 0.05) is 0 Å². The summed E-state index contributed by atoms with van der Waals surface area (Å²) in [5.41, 5.74) is 0. The van der Waals surface area contributed by atoms with E-state index in [1.165, 1.54) is 0 Å². The first-order valence-corrected chi connectivity index (χ1v) is 4.26. The summed E-state index contributed by atoms with van der Waals surface area (Å²) in [5.74, 6) is 0. The molecule has 0 unspecified atom stereocenters. The maximum absolute atomic E-state index is 9.51. The van der Waals surface area contributed by atoms with Gasteiger partial charge in [-0.25, -0.2) is 0 Å². The van der Waals surface area contributed by atoms with E-state index < -0.39 is 20.8 Å². The summed E-state index contributed by atoms with van der Waals surface area (Å²) in [6.45, 7) is 0. The molecule has 12 heavy (non-hydrogen) atoms. The van der Waals surface area contributed by atoms with Gasteiger partial charge in [-0.1, -0.05) is 8.67 Å². The van der Waals surface area contributed by atoms with E-state index in [0.29, 0.717) is 0 Å². The molecular weight excluding hydrogens is 467 g/mol. The van der Waals surface area contributed by atoms with Crippen molar-refractivity contribution in [2.45, 2.75) is 0 Å². The first kappa shape index (κ1) is 20.3. The van der Waals surface area contributed by atoms with Crippen molar-refractivity contribution in [3.8, 4) is 0 Å². The Labute approximate surface area is 149 Å². The van der Waals surface area contributed by atoms with Gasteiger partial charge in [-0.05, 0) is 0 Å². The summed E-state index contributed by atoms with van der Waals surface area (Å²) in [6.07, 6.45) is 0. The molecule has 0 aromatic heterocycles. The molecule has 0 saturated heterocycles. The average molecular weight is 473 g/mol. The van der Waals surface area contributed by atoms with Crippen molar-refractivity contribution in [1.29, 1.82) is 0 Å². The van der Waals surface area contributed by atoms with Crippen LogP contribution in [-0.2, 0) is 29.5 Å². The topological polar surface area (TPSA) is 127 Å². The minimum atomic E-state index is -5.02. The first-order chi connectivity index (χ1) is 4.21. The van der Waals surface area contributed by atoms with Crippen LogP contribution in [0.15, 0.2) is 0 Å². The molecule has 0 amide bonds. The third-order valence-electron chi connectivity index (χ3n) is 0.200. The fourth-order valence-corrected chi connectivity index (χ4v) is 0.632. The maximum atomic E-state index is 9.51. The molecule has 0 rings (SSSR count). The van der Waals surface area contributed by atoms with Crippen LogP contribution in [0.2, 0.25) is 0 Å². The Morgan fingerprint density at radius 1 is 0.750 bits per heavy atom. The average Bonchev–Trinajstić information content (AvgIpc) is 1.57. The zero-order chi connectivity index (χ0) is 8.41. The van der Waals surface area contributed by atoms with Crippen molar-refractivity contribution >= 4 is 119 Å². The van der Waals surface area contributed by atoms with Crippen molar-refractivity contribution in [2.75, 3.05) is 0 Å². The molecular formula is H6Ba2O8S2. The molecule has 0 aromatic rings. The summed E-state index contributed by atoms with van der Waals surface area (Å²) in [6, 6.07) is 0. The van der Waals surface area contributed by atoms with E-state index in [4.69, 9.17) is 9.11 Å². The fourth-order valence-electron chi connectivity index (χ4n) is 0.0702. The molecule has 0 heterocycles. The molecule has 12 heteroatoms. The third kappa shape index (κ3) is 18.6. The van der Waals surface area contributed by atoms with Gasteiger partial charge < -0.3 is 0 Å². The first-order valence-electron chi connectivity index (χ1n) is 1.53. The van der Waals surface area contributed by atoms with E-state index in [0.717, 1.165) is 0 Å². The van der Waals surface area contributed by atoms with Crippen LogP contribution in [0, 0.1) is 0 Å². The number of rotatable bonds is 3. The Balaban J connectivity index is -0.000000405. The Morgan fingerprint density at radius 2 is 0.917 bits per heavy atom. The Morgan fingerprint density at radius 3 is 1.00 bits per heavy atom. The molecule has 0 atom stereocenters. The standard InChI is InChI=1S/2Ba.H2O8S2.4H/c;;1-9(2,3)7-8-10(4,5)6;;;;/h;;(H,1,2,3)(H,4,5,6);;;;. The van der Waals surface area contributed by atoms with Gasteiger partial charge in [0.15, 0.2) is 0 Å².